The Morgan fingerprint density at radius 3 is 2.61 bits per heavy atom. The second-order valence-electron chi connectivity index (χ2n) is 4.84. The van der Waals surface area contributed by atoms with E-state index in [9.17, 15) is 4.79 Å². The molecule has 1 atom stereocenters. The molecule has 2 rings (SSSR count). The van der Waals surface area contributed by atoms with Crippen LogP contribution in [-0.2, 0) is 0 Å². The van der Waals surface area contributed by atoms with Crippen LogP contribution < -0.4 is 0 Å². The maximum Gasteiger partial charge on any atom is 0.253 e. The van der Waals surface area contributed by atoms with Gasteiger partial charge in [-0.2, -0.15) is 0 Å². The lowest BCUT2D eigenvalue weighted by atomic mass is 10.1. The van der Waals surface area contributed by atoms with E-state index >= 15 is 0 Å². The zero-order chi connectivity index (χ0) is 13.1. The van der Waals surface area contributed by atoms with Crippen LogP contribution in [0.2, 0.25) is 0 Å². The van der Waals surface area contributed by atoms with E-state index in [2.05, 4.69) is 31.5 Å². The van der Waals surface area contributed by atoms with Crippen LogP contribution in [0.15, 0.2) is 29.2 Å². The Balaban J connectivity index is 2.07. The lowest BCUT2D eigenvalue weighted by Gasteiger charge is -2.39. The highest BCUT2D eigenvalue weighted by molar-refractivity contribution is 7.80. The molecule has 0 aliphatic carbocycles. The number of amides is 1. The van der Waals surface area contributed by atoms with Gasteiger partial charge in [-0.1, -0.05) is 6.92 Å². The standard InChI is InChI=1S/C14H20N2OS/c1-3-12-10-16(9-8-15(12)2)14(17)11-4-6-13(18)7-5-11/h4-7,12,18H,3,8-10H2,1-2H3. The fraction of sp³-hybridized carbons (Fsp3) is 0.500. The van der Waals surface area contributed by atoms with Crippen LogP contribution in [-0.4, -0.2) is 48.4 Å². The van der Waals surface area contributed by atoms with E-state index in [1.807, 2.05) is 29.2 Å². The lowest BCUT2D eigenvalue weighted by molar-refractivity contribution is 0.0542. The molecule has 3 nitrogen and oxygen atoms in total. The van der Waals surface area contributed by atoms with Gasteiger partial charge in [-0.3, -0.25) is 9.69 Å². The van der Waals surface area contributed by atoms with Gasteiger partial charge in [-0.25, -0.2) is 0 Å². The normalized spacial score (nSPS) is 21.1. The van der Waals surface area contributed by atoms with Gasteiger partial charge in [0.2, 0.25) is 0 Å². The quantitative estimate of drug-likeness (QED) is 0.827. The van der Waals surface area contributed by atoms with Crippen molar-refractivity contribution in [3.63, 3.8) is 0 Å². The number of piperazine rings is 1. The summed E-state index contributed by atoms with van der Waals surface area (Å²) in [5.41, 5.74) is 0.757. The second-order valence-corrected chi connectivity index (χ2v) is 5.36. The number of benzene rings is 1. The van der Waals surface area contributed by atoms with Crippen molar-refractivity contribution < 1.29 is 4.79 Å². The maximum atomic E-state index is 12.4. The molecule has 0 spiro atoms. The topological polar surface area (TPSA) is 23.6 Å². The van der Waals surface area contributed by atoms with Gasteiger partial charge in [-0.05, 0) is 37.7 Å². The van der Waals surface area contributed by atoms with E-state index in [0.717, 1.165) is 36.5 Å². The van der Waals surface area contributed by atoms with Crippen molar-refractivity contribution in [3.05, 3.63) is 29.8 Å². The Morgan fingerprint density at radius 2 is 2.00 bits per heavy atom. The molecule has 0 N–H and O–H groups in total. The van der Waals surface area contributed by atoms with Crippen molar-refractivity contribution in [2.45, 2.75) is 24.3 Å². The molecular formula is C14H20N2OS. The number of likely N-dealkylation sites (N-methyl/N-ethyl adjacent to an activating group) is 1. The summed E-state index contributed by atoms with van der Waals surface area (Å²) in [6.45, 7) is 4.77. The molecule has 1 unspecified atom stereocenters. The van der Waals surface area contributed by atoms with E-state index in [0.29, 0.717) is 6.04 Å². The maximum absolute atomic E-state index is 12.4. The predicted octanol–water partition coefficient (Wildman–Crippen LogP) is 2.14. The fourth-order valence-electron chi connectivity index (χ4n) is 2.36. The van der Waals surface area contributed by atoms with Crippen molar-refractivity contribution in [2.75, 3.05) is 26.7 Å². The minimum absolute atomic E-state index is 0.134. The summed E-state index contributed by atoms with van der Waals surface area (Å²) in [6.07, 6.45) is 1.08. The van der Waals surface area contributed by atoms with Gasteiger partial charge < -0.3 is 4.90 Å². The Hall–Kier alpha value is -1.00. The predicted molar refractivity (Wildman–Crippen MR) is 76.3 cm³/mol. The SMILES string of the molecule is CCC1CN(C(=O)c2ccc(S)cc2)CCN1C. The smallest absolute Gasteiger partial charge is 0.253 e. The molecule has 0 aromatic heterocycles. The van der Waals surface area contributed by atoms with Crippen LogP contribution in [0, 0.1) is 0 Å². The van der Waals surface area contributed by atoms with Crippen molar-refractivity contribution in [2.24, 2.45) is 0 Å². The second kappa shape index (κ2) is 5.76. The summed E-state index contributed by atoms with van der Waals surface area (Å²) in [6, 6.07) is 7.91. The monoisotopic (exact) mass is 264 g/mol. The molecule has 18 heavy (non-hydrogen) atoms. The van der Waals surface area contributed by atoms with Crippen LogP contribution in [0.25, 0.3) is 0 Å². The van der Waals surface area contributed by atoms with Gasteiger partial charge in [0.25, 0.3) is 5.91 Å². The van der Waals surface area contributed by atoms with Crippen LogP contribution >= 0.6 is 12.6 Å². The average molecular weight is 264 g/mol. The summed E-state index contributed by atoms with van der Waals surface area (Å²) >= 11 is 4.24. The Kier molecular flexibility index (Phi) is 4.30. The molecule has 0 radical (unpaired) electrons. The van der Waals surface area contributed by atoms with Crippen LogP contribution in [0.4, 0.5) is 0 Å². The number of carbonyl (C=O) groups is 1. The molecule has 1 aliphatic heterocycles. The minimum atomic E-state index is 0.134. The first kappa shape index (κ1) is 13.4. The van der Waals surface area contributed by atoms with Gasteiger partial charge in [0.15, 0.2) is 0 Å². The number of rotatable bonds is 2. The Labute approximate surface area is 114 Å². The van der Waals surface area contributed by atoms with Crippen LogP contribution in [0.1, 0.15) is 23.7 Å². The number of nitrogens with zero attached hydrogens (tertiary/aromatic N) is 2. The molecule has 1 heterocycles. The highest BCUT2D eigenvalue weighted by Crippen LogP contribution is 2.15. The van der Waals surface area contributed by atoms with E-state index in [1.165, 1.54) is 0 Å². The van der Waals surface area contributed by atoms with Crippen LogP contribution in [0.5, 0.6) is 0 Å². The molecule has 1 fully saturated rings. The number of hydrogen-bond donors (Lipinski definition) is 1. The first-order valence-electron chi connectivity index (χ1n) is 6.40. The summed E-state index contributed by atoms with van der Waals surface area (Å²) in [5.74, 6) is 0.134. The highest BCUT2D eigenvalue weighted by Gasteiger charge is 2.26. The third kappa shape index (κ3) is 2.87. The van der Waals surface area contributed by atoms with Gasteiger partial charge in [0.05, 0.1) is 0 Å². The molecule has 1 saturated heterocycles. The Morgan fingerprint density at radius 1 is 1.33 bits per heavy atom. The zero-order valence-corrected chi connectivity index (χ0v) is 11.9. The van der Waals surface area contributed by atoms with Gasteiger partial charge in [0, 0.05) is 36.1 Å². The summed E-state index contributed by atoms with van der Waals surface area (Å²) in [5, 5.41) is 0. The van der Waals surface area contributed by atoms with Gasteiger partial charge in [0.1, 0.15) is 0 Å². The number of thiol groups is 1. The number of carbonyl (C=O) groups excluding carboxylic acids is 1. The molecule has 1 aliphatic rings. The van der Waals surface area contributed by atoms with Gasteiger partial charge >= 0.3 is 0 Å². The van der Waals surface area contributed by atoms with E-state index in [4.69, 9.17) is 0 Å². The first-order valence-corrected chi connectivity index (χ1v) is 6.85. The molecule has 1 amide bonds. The summed E-state index contributed by atoms with van der Waals surface area (Å²) < 4.78 is 0. The van der Waals surface area contributed by atoms with E-state index in [-0.39, 0.29) is 5.91 Å². The van der Waals surface area contributed by atoms with Crippen molar-refractivity contribution >= 4 is 18.5 Å². The molecule has 1 aromatic rings. The third-order valence-corrected chi connectivity index (χ3v) is 3.95. The summed E-state index contributed by atoms with van der Waals surface area (Å²) in [4.78, 5) is 17.5. The zero-order valence-electron chi connectivity index (χ0n) is 11.0. The molecule has 0 bridgehead atoms. The molecule has 4 heteroatoms. The average Bonchev–Trinajstić information content (AvgIpc) is 2.39. The fourth-order valence-corrected chi connectivity index (χ4v) is 2.51. The largest absolute Gasteiger partial charge is 0.336 e. The van der Waals surface area contributed by atoms with Crippen molar-refractivity contribution in [1.82, 2.24) is 9.80 Å². The van der Waals surface area contributed by atoms with E-state index in [1.54, 1.807) is 0 Å². The highest BCUT2D eigenvalue weighted by atomic mass is 32.1. The van der Waals surface area contributed by atoms with Crippen molar-refractivity contribution in [1.29, 1.82) is 0 Å². The summed E-state index contributed by atoms with van der Waals surface area (Å²) in [7, 11) is 2.13. The Bertz CT molecular complexity index is 418. The first-order chi connectivity index (χ1) is 8.61. The molecule has 98 valence electrons. The van der Waals surface area contributed by atoms with Crippen molar-refractivity contribution in [3.8, 4) is 0 Å². The molecule has 1 aromatic carbocycles. The van der Waals surface area contributed by atoms with E-state index < -0.39 is 0 Å². The third-order valence-electron chi connectivity index (χ3n) is 3.65. The minimum Gasteiger partial charge on any atom is -0.336 e. The molecule has 0 saturated carbocycles. The van der Waals surface area contributed by atoms with Crippen LogP contribution in [0.3, 0.4) is 0 Å². The number of hydrogen-bond acceptors (Lipinski definition) is 3. The van der Waals surface area contributed by atoms with Gasteiger partial charge in [-0.15, -0.1) is 12.6 Å². The lowest BCUT2D eigenvalue weighted by Crippen LogP contribution is -2.52. The molecular weight excluding hydrogens is 244 g/mol.